The molecule has 0 aromatic carbocycles. The van der Waals surface area contributed by atoms with E-state index in [1.165, 1.54) is 6.04 Å². The lowest BCUT2D eigenvalue weighted by Gasteiger charge is -2.06. The average Bonchev–Trinajstić information content (AvgIpc) is 2.60. The molecule has 0 fully saturated rings. The monoisotopic (exact) mass is 313 g/mol. The molecule has 4 nitrogen and oxygen atoms in total. The lowest BCUT2D eigenvalue weighted by atomic mass is 10.4. The number of fused-ring (bicyclic) bond motifs is 1. The number of halogens is 1. The van der Waals surface area contributed by atoms with Crippen LogP contribution in [0.2, 0.25) is 12.6 Å². The van der Waals surface area contributed by atoms with Crippen molar-refractivity contribution in [3.63, 3.8) is 0 Å². The molecule has 2 heterocycles. The molecule has 2 aromatic heterocycles. The SMILES string of the molecule is C[SiH2]CCOCn1c(C)nc2cc(Br)cnc21. The van der Waals surface area contributed by atoms with Crippen molar-refractivity contribution < 1.29 is 4.74 Å². The number of aromatic nitrogens is 3. The molecule has 2 rings (SSSR count). The second-order valence-electron chi connectivity index (χ2n) is 3.97. The highest BCUT2D eigenvalue weighted by Crippen LogP contribution is 2.18. The van der Waals surface area contributed by atoms with Crippen LogP contribution < -0.4 is 0 Å². The zero-order chi connectivity index (χ0) is 12.3. The summed E-state index contributed by atoms with van der Waals surface area (Å²) in [7, 11) is 0.0990. The molecule has 2 aromatic rings. The summed E-state index contributed by atoms with van der Waals surface area (Å²) in [6.07, 6.45) is 1.79. The highest BCUT2D eigenvalue weighted by molar-refractivity contribution is 9.10. The van der Waals surface area contributed by atoms with Crippen LogP contribution >= 0.6 is 15.9 Å². The van der Waals surface area contributed by atoms with Gasteiger partial charge in [0.25, 0.3) is 0 Å². The number of aryl methyl sites for hydroxylation is 1. The van der Waals surface area contributed by atoms with Gasteiger partial charge in [0.2, 0.25) is 0 Å². The molecule has 6 heteroatoms. The molecular weight excluding hydrogens is 298 g/mol. The molecule has 0 saturated heterocycles. The molecule has 0 radical (unpaired) electrons. The number of nitrogens with zero attached hydrogens (tertiary/aromatic N) is 3. The van der Waals surface area contributed by atoms with E-state index in [2.05, 4.69) is 32.4 Å². The third-order valence-electron chi connectivity index (χ3n) is 2.61. The van der Waals surface area contributed by atoms with Crippen LogP contribution in [0.5, 0.6) is 0 Å². The first-order chi connectivity index (χ1) is 8.22. The number of rotatable bonds is 5. The van der Waals surface area contributed by atoms with E-state index < -0.39 is 0 Å². The Morgan fingerprint density at radius 1 is 1.53 bits per heavy atom. The summed E-state index contributed by atoms with van der Waals surface area (Å²) in [4.78, 5) is 8.85. The predicted octanol–water partition coefficient (Wildman–Crippen LogP) is 2.11. The Morgan fingerprint density at radius 3 is 3.12 bits per heavy atom. The quantitative estimate of drug-likeness (QED) is 0.627. The summed E-state index contributed by atoms with van der Waals surface area (Å²) in [5, 5.41) is 0. The predicted molar refractivity (Wildman–Crippen MR) is 75.1 cm³/mol. The van der Waals surface area contributed by atoms with E-state index in [9.17, 15) is 0 Å². The van der Waals surface area contributed by atoms with Gasteiger partial charge in [0.05, 0.1) is 0 Å². The molecule has 0 bridgehead atoms. The number of hydrogen-bond donors (Lipinski definition) is 0. The Hall–Kier alpha value is -0.723. The van der Waals surface area contributed by atoms with Crippen LogP contribution in [0.15, 0.2) is 16.7 Å². The van der Waals surface area contributed by atoms with Crippen molar-refractivity contribution in [2.24, 2.45) is 0 Å². The molecule has 0 aliphatic carbocycles. The smallest absolute Gasteiger partial charge is 0.161 e. The van der Waals surface area contributed by atoms with Gasteiger partial charge in [-0.2, -0.15) is 0 Å². The van der Waals surface area contributed by atoms with Gasteiger partial charge in [-0.1, -0.05) is 6.55 Å². The Bertz CT molecular complexity index is 515. The van der Waals surface area contributed by atoms with Gasteiger partial charge in [0.15, 0.2) is 5.65 Å². The molecule has 0 N–H and O–H groups in total. The van der Waals surface area contributed by atoms with E-state index >= 15 is 0 Å². The Balaban J connectivity index is 2.18. The van der Waals surface area contributed by atoms with Crippen molar-refractivity contribution in [3.05, 3.63) is 22.6 Å². The molecule has 17 heavy (non-hydrogen) atoms. The molecule has 0 spiro atoms. The van der Waals surface area contributed by atoms with Crippen molar-refractivity contribution in [2.75, 3.05) is 6.61 Å². The van der Waals surface area contributed by atoms with Crippen molar-refractivity contribution in [3.8, 4) is 0 Å². The van der Waals surface area contributed by atoms with Crippen molar-refractivity contribution in [1.82, 2.24) is 14.5 Å². The topological polar surface area (TPSA) is 39.9 Å². The number of imidazole rings is 1. The van der Waals surface area contributed by atoms with Gasteiger partial charge in [-0.05, 0) is 35.0 Å². The molecule has 0 atom stereocenters. The van der Waals surface area contributed by atoms with Gasteiger partial charge in [-0.25, -0.2) is 9.97 Å². The average molecular weight is 314 g/mol. The minimum atomic E-state index is 0.0990. The molecule has 0 amide bonds. The van der Waals surface area contributed by atoms with E-state index in [4.69, 9.17) is 4.74 Å². The van der Waals surface area contributed by atoms with Crippen LogP contribution in [-0.4, -0.2) is 30.7 Å². The summed E-state index contributed by atoms with van der Waals surface area (Å²) < 4.78 is 8.61. The second kappa shape index (κ2) is 5.75. The molecule has 0 unspecified atom stereocenters. The van der Waals surface area contributed by atoms with Gasteiger partial charge in [-0.3, -0.25) is 4.57 Å². The third-order valence-corrected chi connectivity index (χ3v) is 4.03. The van der Waals surface area contributed by atoms with E-state index in [1.54, 1.807) is 6.20 Å². The Labute approximate surface area is 111 Å². The fourth-order valence-corrected chi connectivity index (χ4v) is 2.47. The first-order valence-electron chi connectivity index (χ1n) is 5.78. The lowest BCUT2D eigenvalue weighted by molar-refractivity contribution is 0.0888. The highest BCUT2D eigenvalue weighted by Gasteiger charge is 2.08. The molecule has 92 valence electrons. The van der Waals surface area contributed by atoms with Gasteiger partial charge >= 0.3 is 0 Å². The number of ether oxygens (including phenoxy) is 1. The zero-order valence-corrected chi connectivity index (χ0v) is 13.1. The summed E-state index contributed by atoms with van der Waals surface area (Å²) in [5.74, 6) is 0.944. The van der Waals surface area contributed by atoms with Gasteiger partial charge in [-0.15, -0.1) is 0 Å². The van der Waals surface area contributed by atoms with Crippen LogP contribution in [0.3, 0.4) is 0 Å². The van der Waals surface area contributed by atoms with E-state index in [1.807, 2.05) is 17.6 Å². The summed E-state index contributed by atoms with van der Waals surface area (Å²) in [6.45, 7) is 5.66. The maximum atomic E-state index is 5.64. The normalized spacial score (nSPS) is 11.9. The van der Waals surface area contributed by atoms with Crippen molar-refractivity contribution >= 4 is 36.6 Å². The minimum absolute atomic E-state index is 0.0990. The molecule has 0 aliphatic rings. The molecule has 0 aliphatic heterocycles. The first-order valence-corrected chi connectivity index (χ1v) is 8.99. The van der Waals surface area contributed by atoms with Gasteiger partial charge < -0.3 is 4.74 Å². The Morgan fingerprint density at radius 2 is 2.35 bits per heavy atom. The maximum Gasteiger partial charge on any atom is 0.161 e. The van der Waals surface area contributed by atoms with E-state index in [-0.39, 0.29) is 9.52 Å². The van der Waals surface area contributed by atoms with Gasteiger partial charge in [0, 0.05) is 26.8 Å². The molecule has 0 saturated carbocycles. The summed E-state index contributed by atoms with van der Waals surface area (Å²) >= 11 is 3.40. The third kappa shape index (κ3) is 2.94. The van der Waals surface area contributed by atoms with Crippen LogP contribution in [-0.2, 0) is 11.5 Å². The minimum Gasteiger partial charge on any atom is -0.361 e. The maximum absolute atomic E-state index is 5.64. The molecular formula is C11H16BrN3OSi. The first kappa shape index (κ1) is 12.7. The van der Waals surface area contributed by atoms with Gasteiger partial charge in [0.1, 0.15) is 18.1 Å². The highest BCUT2D eigenvalue weighted by atomic mass is 79.9. The summed E-state index contributed by atoms with van der Waals surface area (Å²) in [5.41, 5.74) is 1.80. The second-order valence-corrected chi connectivity index (χ2v) is 6.60. The van der Waals surface area contributed by atoms with Crippen LogP contribution in [0, 0.1) is 6.92 Å². The lowest BCUT2D eigenvalue weighted by Crippen LogP contribution is -2.06. The van der Waals surface area contributed by atoms with E-state index in [0.29, 0.717) is 6.73 Å². The van der Waals surface area contributed by atoms with Crippen LogP contribution in [0.1, 0.15) is 5.82 Å². The van der Waals surface area contributed by atoms with Crippen LogP contribution in [0.25, 0.3) is 11.2 Å². The fraction of sp³-hybridized carbons (Fsp3) is 0.455. The number of pyridine rings is 1. The zero-order valence-electron chi connectivity index (χ0n) is 10.1. The number of hydrogen-bond acceptors (Lipinski definition) is 3. The standard InChI is InChI=1S/C11H16BrN3OSi/c1-8-14-10-5-9(12)6-13-11(10)15(8)7-16-3-4-17-2/h5-6H,3-4,7,17H2,1-2H3. The van der Waals surface area contributed by atoms with E-state index in [0.717, 1.165) is 28.1 Å². The largest absolute Gasteiger partial charge is 0.361 e. The van der Waals surface area contributed by atoms with Crippen molar-refractivity contribution in [1.29, 1.82) is 0 Å². The van der Waals surface area contributed by atoms with Crippen molar-refractivity contribution in [2.45, 2.75) is 26.2 Å². The Kier molecular flexibility index (Phi) is 4.30. The van der Waals surface area contributed by atoms with Crippen LogP contribution in [0.4, 0.5) is 0 Å². The fourth-order valence-electron chi connectivity index (χ4n) is 1.66. The summed E-state index contributed by atoms with van der Waals surface area (Å²) in [6, 6.07) is 3.20.